The lowest BCUT2D eigenvalue weighted by Crippen LogP contribution is -2.52. The van der Waals surface area contributed by atoms with E-state index >= 15 is 0 Å². The first-order valence-corrected chi connectivity index (χ1v) is 6.39. The van der Waals surface area contributed by atoms with E-state index in [1.807, 2.05) is 12.3 Å². The molecule has 1 atom stereocenters. The van der Waals surface area contributed by atoms with Crippen LogP contribution >= 0.6 is 0 Å². The molecular formula is C13H22N4. The number of piperazine rings is 1. The molecule has 1 unspecified atom stereocenters. The van der Waals surface area contributed by atoms with E-state index in [4.69, 9.17) is 5.73 Å². The van der Waals surface area contributed by atoms with Gasteiger partial charge < -0.3 is 10.6 Å². The largest absolute Gasteiger partial charge is 0.354 e. The van der Waals surface area contributed by atoms with Crippen molar-refractivity contribution in [2.75, 3.05) is 31.1 Å². The Labute approximate surface area is 103 Å². The van der Waals surface area contributed by atoms with E-state index in [0.717, 1.165) is 37.6 Å². The van der Waals surface area contributed by atoms with E-state index in [2.05, 4.69) is 34.7 Å². The van der Waals surface area contributed by atoms with E-state index in [1.165, 1.54) is 0 Å². The Hall–Kier alpha value is -1.13. The molecule has 0 radical (unpaired) electrons. The number of aromatic nitrogens is 1. The van der Waals surface area contributed by atoms with Gasteiger partial charge in [0.25, 0.3) is 0 Å². The summed E-state index contributed by atoms with van der Waals surface area (Å²) in [5.74, 6) is 1.07. The molecule has 1 aliphatic rings. The molecule has 2 heterocycles. The summed E-state index contributed by atoms with van der Waals surface area (Å²) >= 11 is 0. The van der Waals surface area contributed by atoms with Crippen molar-refractivity contribution in [1.29, 1.82) is 0 Å². The maximum absolute atomic E-state index is 5.77. The number of hydrogen-bond donors (Lipinski definition) is 1. The molecule has 94 valence electrons. The highest BCUT2D eigenvalue weighted by Gasteiger charge is 2.24. The highest BCUT2D eigenvalue weighted by atomic mass is 15.3. The van der Waals surface area contributed by atoms with Crippen molar-refractivity contribution in [3.05, 3.63) is 23.9 Å². The van der Waals surface area contributed by atoms with Crippen molar-refractivity contribution >= 4 is 5.82 Å². The summed E-state index contributed by atoms with van der Waals surface area (Å²) < 4.78 is 0. The third-order valence-electron chi connectivity index (χ3n) is 3.56. The molecule has 1 aliphatic heterocycles. The van der Waals surface area contributed by atoms with Gasteiger partial charge in [-0.2, -0.15) is 0 Å². The molecule has 2 rings (SSSR count). The van der Waals surface area contributed by atoms with Crippen molar-refractivity contribution in [3.8, 4) is 0 Å². The Morgan fingerprint density at radius 1 is 1.47 bits per heavy atom. The second-order valence-corrected chi connectivity index (χ2v) is 4.61. The van der Waals surface area contributed by atoms with Crippen LogP contribution in [0, 0.1) is 0 Å². The number of likely N-dealkylation sites (N-methyl/N-ethyl adjacent to an activating group) is 1. The first-order valence-electron chi connectivity index (χ1n) is 6.39. The molecule has 1 aromatic heterocycles. The number of hydrogen-bond acceptors (Lipinski definition) is 4. The lowest BCUT2D eigenvalue weighted by atomic mass is 10.1. The third-order valence-corrected chi connectivity index (χ3v) is 3.56. The molecule has 0 saturated carbocycles. The number of nitrogens with two attached hydrogens (primary N) is 1. The summed E-state index contributed by atoms with van der Waals surface area (Å²) in [5, 5.41) is 0. The van der Waals surface area contributed by atoms with Gasteiger partial charge in [-0.3, -0.25) is 4.90 Å². The molecule has 0 aromatic carbocycles. The molecule has 4 heteroatoms. The number of nitrogens with zero attached hydrogens (tertiary/aromatic N) is 3. The zero-order valence-corrected chi connectivity index (χ0v) is 10.8. The lowest BCUT2D eigenvalue weighted by molar-refractivity contribution is 0.199. The second kappa shape index (κ2) is 5.47. The van der Waals surface area contributed by atoms with Crippen LogP contribution in [0.2, 0.25) is 0 Å². The number of anilines is 1. The van der Waals surface area contributed by atoms with Crippen molar-refractivity contribution in [2.24, 2.45) is 5.73 Å². The quantitative estimate of drug-likeness (QED) is 0.850. The summed E-state index contributed by atoms with van der Waals surface area (Å²) in [4.78, 5) is 9.35. The summed E-state index contributed by atoms with van der Waals surface area (Å²) in [6.45, 7) is 9.38. The van der Waals surface area contributed by atoms with Gasteiger partial charge in [-0.25, -0.2) is 4.98 Å². The SMILES string of the molecule is CCN1CCN(c2ncccc2CN)CC1C. The molecule has 1 fully saturated rings. The second-order valence-electron chi connectivity index (χ2n) is 4.61. The Morgan fingerprint density at radius 3 is 2.94 bits per heavy atom. The normalized spacial score (nSPS) is 21.8. The van der Waals surface area contributed by atoms with Gasteiger partial charge in [0.05, 0.1) is 0 Å². The van der Waals surface area contributed by atoms with Crippen molar-refractivity contribution in [3.63, 3.8) is 0 Å². The number of pyridine rings is 1. The first kappa shape index (κ1) is 12.3. The van der Waals surface area contributed by atoms with Crippen LogP contribution in [0.1, 0.15) is 19.4 Å². The summed E-state index contributed by atoms with van der Waals surface area (Å²) in [6.07, 6.45) is 1.85. The minimum Gasteiger partial charge on any atom is -0.354 e. The average molecular weight is 234 g/mol. The van der Waals surface area contributed by atoms with Crippen LogP contribution in [0.25, 0.3) is 0 Å². The summed E-state index contributed by atoms with van der Waals surface area (Å²) in [7, 11) is 0. The lowest BCUT2D eigenvalue weighted by Gasteiger charge is -2.40. The van der Waals surface area contributed by atoms with E-state index in [9.17, 15) is 0 Å². The molecule has 4 nitrogen and oxygen atoms in total. The Morgan fingerprint density at radius 2 is 2.29 bits per heavy atom. The molecule has 1 saturated heterocycles. The van der Waals surface area contributed by atoms with Crippen molar-refractivity contribution in [2.45, 2.75) is 26.4 Å². The smallest absolute Gasteiger partial charge is 0.133 e. The van der Waals surface area contributed by atoms with Crippen LogP contribution < -0.4 is 10.6 Å². The van der Waals surface area contributed by atoms with Gasteiger partial charge in [0.1, 0.15) is 5.82 Å². The van der Waals surface area contributed by atoms with Crippen LogP contribution in [-0.2, 0) is 6.54 Å². The van der Waals surface area contributed by atoms with Crippen LogP contribution in [0.15, 0.2) is 18.3 Å². The van der Waals surface area contributed by atoms with Crippen molar-refractivity contribution in [1.82, 2.24) is 9.88 Å². The fourth-order valence-electron chi connectivity index (χ4n) is 2.53. The van der Waals surface area contributed by atoms with Crippen molar-refractivity contribution < 1.29 is 0 Å². The zero-order valence-electron chi connectivity index (χ0n) is 10.8. The maximum atomic E-state index is 5.77. The van der Waals surface area contributed by atoms with Gasteiger partial charge in [0.15, 0.2) is 0 Å². The van der Waals surface area contributed by atoms with E-state index in [0.29, 0.717) is 12.6 Å². The van der Waals surface area contributed by atoms with Crippen LogP contribution in [0.5, 0.6) is 0 Å². The Bertz CT molecular complexity index is 366. The third kappa shape index (κ3) is 2.58. The minimum atomic E-state index is 0.561. The van der Waals surface area contributed by atoms with Crippen LogP contribution in [-0.4, -0.2) is 42.1 Å². The molecule has 0 spiro atoms. The van der Waals surface area contributed by atoms with Crippen LogP contribution in [0.4, 0.5) is 5.82 Å². The predicted octanol–water partition coefficient (Wildman–Crippen LogP) is 1.07. The van der Waals surface area contributed by atoms with Gasteiger partial charge in [0.2, 0.25) is 0 Å². The summed E-state index contributed by atoms with van der Waals surface area (Å²) in [5.41, 5.74) is 6.91. The fourth-order valence-corrected chi connectivity index (χ4v) is 2.53. The monoisotopic (exact) mass is 234 g/mol. The highest BCUT2D eigenvalue weighted by Crippen LogP contribution is 2.20. The Balaban J connectivity index is 2.13. The van der Waals surface area contributed by atoms with Gasteiger partial charge in [-0.05, 0) is 19.5 Å². The molecule has 0 aliphatic carbocycles. The van der Waals surface area contributed by atoms with Gasteiger partial charge in [-0.15, -0.1) is 0 Å². The molecule has 1 aromatic rings. The fraction of sp³-hybridized carbons (Fsp3) is 0.615. The molecule has 0 bridgehead atoms. The maximum Gasteiger partial charge on any atom is 0.133 e. The minimum absolute atomic E-state index is 0.561. The topological polar surface area (TPSA) is 45.4 Å². The van der Waals surface area contributed by atoms with E-state index in [-0.39, 0.29) is 0 Å². The van der Waals surface area contributed by atoms with Gasteiger partial charge in [-0.1, -0.05) is 13.0 Å². The average Bonchev–Trinajstić information content (AvgIpc) is 2.38. The van der Waals surface area contributed by atoms with Crippen LogP contribution in [0.3, 0.4) is 0 Å². The molecule has 2 N–H and O–H groups in total. The summed E-state index contributed by atoms with van der Waals surface area (Å²) in [6, 6.07) is 4.61. The molecule has 17 heavy (non-hydrogen) atoms. The van der Waals surface area contributed by atoms with E-state index in [1.54, 1.807) is 0 Å². The zero-order chi connectivity index (χ0) is 12.3. The van der Waals surface area contributed by atoms with E-state index < -0.39 is 0 Å². The number of rotatable bonds is 3. The highest BCUT2D eigenvalue weighted by molar-refractivity contribution is 5.47. The van der Waals surface area contributed by atoms with Gasteiger partial charge >= 0.3 is 0 Å². The molecular weight excluding hydrogens is 212 g/mol. The first-order chi connectivity index (χ1) is 8.26. The molecule has 0 amide bonds. The van der Waals surface area contributed by atoms with Gasteiger partial charge in [0, 0.05) is 44.0 Å². The Kier molecular flexibility index (Phi) is 3.97. The standard InChI is InChI=1S/C13H22N4/c1-3-16-7-8-17(10-11(16)2)13-12(9-14)5-4-6-15-13/h4-6,11H,3,7-10,14H2,1-2H3. The predicted molar refractivity (Wildman–Crippen MR) is 71.1 cm³/mol.